The predicted octanol–water partition coefficient (Wildman–Crippen LogP) is 4.15. The lowest BCUT2D eigenvalue weighted by molar-refractivity contribution is 0.0972. The van der Waals surface area contributed by atoms with Crippen molar-refractivity contribution in [2.75, 3.05) is 0 Å². The molecule has 4 aromatic rings. The number of fused-ring (bicyclic) bond motifs is 2. The van der Waals surface area contributed by atoms with Gasteiger partial charge in [0.25, 0.3) is 5.56 Å². The van der Waals surface area contributed by atoms with Gasteiger partial charge >= 0.3 is 0 Å². The maximum atomic E-state index is 12.8. The normalized spacial score (nSPS) is 11.4. The molecule has 0 fully saturated rings. The second kappa shape index (κ2) is 6.76. The van der Waals surface area contributed by atoms with Crippen LogP contribution in [-0.4, -0.2) is 21.4 Å². The minimum atomic E-state index is -0.184. The molecule has 0 saturated heterocycles. The third kappa shape index (κ3) is 3.24. The number of benzene rings is 2. The van der Waals surface area contributed by atoms with Gasteiger partial charge in [-0.25, -0.2) is 0 Å². The average molecular weight is 360 g/mol. The molecule has 5 nitrogen and oxygen atoms in total. The smallest absolute Gasteiger partial charge is 0.258 e. The number of aromatic amines is 1. The highest BCUT2D eigenvalue weighted by Gasteiger charge is 2.14. The number of para-hydroxylation sites is 1. The second-order valence-corrected chi connectivity index (χ2v) is 6.84. The molecule has 2 heterocycles. The molecule has 2 aromatic heterocycles. The van der Waals surface area contributed by atoms with Gasteiger partial charge in [0.1, 0.15) is 5.75 Å². The summed E-state index contributed by atoms with van der Waals surface area (Å²) in [6.45, 7) is 3.91. The van der Waals surface area contributed by atoms with Crippen LogP contribution >= 0.6 is 0 Å². The monoisotopic (exact) mass is 360 g/mol. The lowest BCUT2D eigenvalue weighted by Gasteiger charge is -2.11. The van der Waals surface area contributed by atoms with Crippen LogP contribution in [0.1, 0.15) is 24.2 Å². The molecular formula is C22H20N2O3. The fourth-order valence-corrected chi connectivity index (χ4v) is 3.28. The standard InChI is InChI=1S/C22H20N2O3/c1-14(2)27-16-7-8-17-15(11-16)9-10-24(22(17)26)13-21(25)19-12-23-20-6-4-3-5-18(19)20/h3-12,14,23H,13H2,1-2H3. The van der Waals surface area contributed by atoms with E-state index in [0.717, 1.165) is 22.0 Å². The summed E-state index contributed by atoms with van der Waals surface area (Å²) in [4.78, 5) is 28.6. The highest BCUT2D eigenvalue weighted by Crippen LogP contribution is 2.21. The van der Waals surface area contributed by atoms with E-state index in [0.29, 0.717) is 10.9 Å². The largest absolute Gasteiger partial charge is 0.491 e. The van der Waals surface area contributed by atoms with Crippen molar-refractivity contribution in [2.45, 2.75) is 26.5 Å². The van der Waals surface area contributed by atoms with Gasteiger partial charge in [-0.2, -0.15) is 0 Å². The van der Waals surface area contributed by atoms with E-state index >= 15 is 0 Å². The number of nitrogens with zero attached hydrogens (tertiary/aromatic N) is 1. The summed E-state index contributed by atoms with van der Waals surface area (Å²) in [5, 5.41) is 2.24. The Morgan fingerprint density at radius 1 is 1.11 bits per heavy atom. The molecule has 0 aliphatic heterocycles. The SMILES string of the molecule is CC(C)Oc1ccc2c(=O)n(CC(=O)c3c[nH]c4ccccc34)ccc2c1. The molecule has 1 N–H and O–H groups in total. The van der Waals surface area contributed by atoms with E-state index in [1.165, 1.54) is 4.57 Å². The van der Waals surface area contributed by atoms with Gasteiger partial charge < -0.3 is 14.3 Å². The fourth-order valence-electron chi connectivity index (χ4n) is 3.28. The van der Waals surface area contributed by atoms with Crippen molar-refractivity contribution in [3.8, 4) is 5.75 Å². The maximum Gasteiger partial charge on any atom is 0.258 e. The van der Waals surface area contributed by atoms with Crippen molar-refractivity contribution in [2.24, 2.45) is 0 Å². The Morgan fingerprint density at radius 2 is 1.93 bits per heavy atom. The van der Waals surface area contributed by atoms with Crippen LogP contribution < -0.4 is 10.3 Å². The number of hydrogen-bond acceptors (Lipinski definition) is 3. The first-order chi connectivity index (χ1) is 13.0. The number of aromatic nitrogens is 2. The van der Waals surface area contributed by atoms with E-state index in [9.17, 15) is 9.59 Å². The number of hydrogen-bond donors (Lipinski definition) is 1. The first-order valence-corrected chi connectivity index (χ1v) is 8.92. The summed E-state index contributed by atoms with van der Waals surface area (Å²) in [7, 11) is 0. The molecule has 5 heteroatoms. The van der Waals surface area contributed by atoms with E-state index in [1.807, 2.05) is 50.2 Å². The predicted molar refractivity (Wildman–Crippen MR) is 107 cm³/mol. The molecule has 136 valence electrons. The van der Waals surface area contributed by atoms with Gasteiger partial charge in [-0.1, -0.05) is 18.2 Å². The third-order valence-electron chi connectivity index (χ3n) is 4.52. The molecule has 27 heavy (non-hydrogen) atoms. The maximum absolute atomic E-state index is 12.8. The summed E-state index contributed by atoms with van der Waals surface area (Å²) in [6, 6.07) is 14.9. The van der Waals surface area contributed by atoms with Crippen LogP contribution in [0.4, 0.5) is 0 Å². The number of ketones is 1. The van der Waals surface area contributed by atoms with Gasteiger partial charge in [0, 0.05) is 34.2 Å². The van der Waals surface area contributed by atoms with E-state index in [-0.39, 0.29) is 24.0 Å². The Hall–Kier alpha value is -3.34. The summed E-state index contributed by atoms with van der Waals surface area (Å²) in [5.74, 6) is 0.623. The van der Waals surface area contributed by atoms with E-state index in [4.69, 9.17) is 4.74 Å². The summed E-state index contributed by atoms with van der Waals surface area (Å²) >= 11 is 0. The number of carbonyl (C=O) groups excluding carboxylic acids is 1. The van der Waals surface area contributed by atoms with Crippen LogP contribution in [-0.2, 0) is 6.54 Å². The van der Waals surface area contributed by atoms with Crippen molar-refractivity contribution >= 4 is 27.5 Å². The summed E-state index contributed by atoms with van der Waals surface area (Å²) in [5.41, 5.74) is 1.32. The highest BCUT2D eigenvalue weighted by atomic mass is 16.5. The molecule has 2 aromatic carbocycles. The summed E-state index contributed by atoms with van der Waals surface area (Å²) in [6.07, 6.45) is 3.43. The fraction of sp³-hybridized carbons (Fsp3) is 0.182. The lowest BCUT2D eigenvalue weighted by Crippen LogP contribution is -2.23. The van der Waals surface area contributed by atoms with Crippen molar-refractivity contribution in [1.82, 2.24) is 9.55 Å². The zero-order chi connectivity index (χ0) is 19.0. The van der Waals surface area contributed by atoms with Gasteiger partial charge in [-0.05, 0) is 49.6 Å². The van der Waals surface area contributed by atoms with Gasteiger partial charge in [0.2, 0.25) is 0 Å². The number of pyridine rings is 1. The minimum Gasteiger partial charge on any atom is -0.491 e. The number of Topliss-reactive ketones (excluding diaryl/α,β-unsaturated/α-hetero) is 1. The van der Waals surface area contributed by atoms with Crippen LogP contribution in [0.2, 0.25) is 0 Å². The van der Waals surface area contributed by atoms with Crippen molar-refractivity contribution in [1.29, 1.82) is 0 Å². The average Bonchev–Trinajstić information content (AvgIpc) is 3.08. The molecule has 0 aliphatic rings. The van der Waals surface area contributed by atoms with Gasteiger partial charge in [-0.15, -0.1) is 0 Å². The molecule has 0 atom stereocenters. The first-order valence-electron chi connectivity index (χ1n) is 8.92. The molecule has 4 rings (SSSR count). The van der Waals surface area contributed by atoms with Crippen molar-refractivity contribution < 1.29 is 9.53 Å². The Kier molecular flexibility index (Phi) is 4.28. The van der Waals surface area contributed by atoms with Gasteiger partial charge in [-0.3, -0.25) is 9.59 Å². The van der Waals surface area contributed by atoms with Crippen LogP contribution in [0, 0.1) is 0 Å². The quantitative estimate of drug-likeness (QED) is 0.544. The molecule has 0 spiro atoms. The number of carbonyl (C=O) groups is 1. The minimum absolute atomic E-state index is 0.000860. The van der Waals surface area contributed by atoms with Crippen LogP contribution in [0.25, 0.3) is 21.7 Å². The molecule has 0 radical (unpaired) electrons. The molecule has 0 bridgehead atoms. The molecule has 0 saturated carbocycles. The second-order valence-electron chi connectivity index (χ2n) is 6.84. The van der Waals surface area contributed by atoms with Gasteiger partial charge in [0.15, 0.2) is 5.78 Å². The number of ether oxygens (including phenoxy) is 1. The Morgan fingerprint density at radius 3 is 2.74 bits per heavy atom. The van der Waals surface area contributed by atoms with Crippen LogP contribution in [0.3, 0.4) is 0 Å². The number of H-pyrrole nitrogens is 1. The molecule has 0 aliphatic carbocycles. The third-order valence-corrected chi connectivity index (χ3v) is 4.52. The Labute approximate surface area is 156 Å². The van der Waals surface area contributed by atoms with Crippen molar-refractivity contribution in [3.63, 3.8) is 0 Å². The molecule has 0 amide bonds. The zero-order valence-corrected chi connectivity index (χ0v) is 15.2. The van der Waals surface area contributed by atoms with E-state index in [1.54, 1.807) is 24.5 Å². The Bertz CT molecular complexity index is 1200. The summed E-state index contributed by atoms with van der Waals surface area (Å²) < 4.78 is 7.13. The van der Waals surface area contributed by atoms with Crippen molar-refractivity contribution in [3.05, 3.63) is 76.8 Å². The number of rotatable bonds is 5. The molecule has 0 unspecified atom stereocenters. The van der Waals surface area contributed by atoms with Crippen LogP contribution in [0.5, 0.6) is 5.75 Å². The molecular weight excluding hydrogens is 340 g/mol. The Balaban J connectivity index is 1.66. The van der Waals surface area contributed by atoms with E-state index in [2.05, 4.69) is 4.98 Å². The first kappa shape index (κ1) is 17.1. The highest BCUT2D eigenvalue weighted by molar-refractivity contribution is 6.07. The van der Waals surface area contributed by atoms with Crippen LogP contribution in [0.15, 0.2) is 65.7 Å². The topological polar surface area (TPSA) is 64.1 Å². The zero-order valence-electron chi connectivity index (χ0n) is 15.2. The lowest BCUT2D eigenvalue weighted by atomic mass is 10.1. The van der Waals surface area contributed by atoms with E-state index < -0.39 is 0 Å². The number of nitrogens with one attached hydrogen (secondary N) is 1. The van der Waals surface area contributed by atoms with Gasteiger partial charge in [0.05, 0.1) is 12.6 Å².